The van der Waals surface area contributed by atoms with E-state index in [9.17, 15) is 9.90 Å². The Morgan fingerprint density at radius 2 is 1.92 bits per heavy atom. The Morgan fingerprint density at radius 1 is 1.19 bits per heavy atom. The molecule has 0 saturated carbocycles. The van der Waals surface area contributed by atoms with E-state index in [-0.39, 0.29) is 11.6 Å². The zero-order valence-corrected chi connectivity index (χ0v) is 15.0. The SMILES string of the molecule is CCOCCn1c(O)c(N=NC(=O)c2ccc(Cl)cc2)c2ccccc21. The molecule has 0 bridgehead atoms. The van der Waals surface area contributed by atoms with Crippen LogP contribution in [0.2, 0.25) is 5.02 Å². The van der Waals surface area contributed by atoms with Gasteiger partial charge in [0.05, 0.1) is 12.1 Å². The summed E-state index contributed by atoms with van der Waals surface area (Å²) in [5.41, 5.74) is 1.44. The van der Waals surface area contributed by atoms with Gasteiger partial charge in [0, 0.05) is 29.1 Å². The lowest BCUT2D eigenvalue weighted by atomic mass is 10.2. The fraction of sp³-hybridized carbons (Fsp3) is 0.211. The van der Waals surface area contributed by atoms with Crippen molar-refractivity contribution in [3.05, 3.63) is 59.1 Å². The van der Waals surface area contributed by atoms with Crippen molar-refractivity contribution in [1.29, 1.82) is 0 Å². The van der Waals surface area contributed by atoms with Gasteiger partial charge in [-0.2, -0.15) is 0 Å². The van der Waals surface area contributed by atoms with Crippen molar-refractivity contribution < 1.29 is 14.6 Å². The molecule has 6 nitrogen and oxygen atoms in total. The van der Waals surface area contributed by atoms with E-state index in [4.69, 9.17) is 16.3 Å². The van der Waals surface area contributed by atoms with Crippen LogP contribution in [0.1, 0.15) is 17.3 Å². The number of benzene rings is 2. The van der Waals surface area contributed by atoms with Gasteiger partial charge in [-0.3, -0.25) is 4.79 Å². The summed E-state index contributed by atoms with van der Waals surface area (Å²) in [5, 5.41) is 19.6. The zero-order chi connectivity index (χ0) is 18.5. The smallest absolute Gasteiger partial charge is 0.295 e. The van der Waals surface area contributed by atoms with Crippen LogP contribution < -0.4 is 0 Å². The Hall–Kier alpha value is -2.70. The fourth-order valence-corrected chi connectivity index (χ4v) is 2.77. The lowest BCUT2D eigenvalue weighted by molar-refractivity contribution is 0.0995. The maximum absolute atomic E-state index is 12.2. The van der Waals surface area contributed by atoms with Crippen molar-refractivity contribution in [2.45, 2.75) is 13.5 Å². The highest BCUT2D eigenvalue weighted by molar-refractivity contribution is 6.30. The van der Waals surface area contributed by atoms with Crippen molar-refractivity contribution in [3.8, 4) is 5.88 Å². The fourth-order valence-electron chi connectivity index (χ4n) is 2.64. The number of azo groups is 1. The number of carbonyl (C=O) groups is 1. The standard InChI is InChI=1S/C19H18ClN3O3/c1-2-26-12-11-23-16-6-4-3-5-15(16)17(19(23)25)21-22-18(24)13-7-9-14(20)10-8-13/h3-10,25H,2,11-12H2,1H3. The van der Waals surface area contributed by atoms with Crippen LogP contribution in [0.15, 0.2) is 58.8 Å². The van der Waals surface area contributed by atoms with Crippen molar-refractivity contribution >= 4 is 34.1 Å². The van der Waals surface area contributed by atoms with Gasteiger partial charge in [0.2, 0.25) is 5.88 Å². The topological polar surface area (TPSA) is 76.2 Å². The largest absolute Gasteiger partial charge is 0.493 e. The van der Waals surface area contributed by atoms with Crippen LogP contribution in [-0.4, -0.2) is 28.8 Å². The van der Waals surface area contributed by atoms with Crippen LogP contribution >= 0.6 is 11.6 Å². The molecule has 1 heterocycles. The molecule has 0 aliphatic carbocycles. The highest BCUT2D eigenvalue weighted by Gasteiger charge is 2.16. The Morgan fingerprint density at radius 3 is 2.65 bits per heavy atom. The number of fused-ring (bicyclic) bond motifs is 1. The van der Waals surface area contributed by atoms with E-state index in [1.165, 1.54) is 0 Å². The number of aromatic hydroxyl groups is 1. The average molecular weight is 372 g/mol. The van der Waals surface area contributed by atoms with Crippen LogP contribution in [0.25, 0.3) is 10.9 Å². The average Bonchev–Trinajstić information content (AvgIpc) is 2.92. The minimum Gasteiger partial charge on any atom is -0.493 e. The number of hydrogen-bond donors (Lipinski definition) is 1. The van der Waals surface area contributed by atoms with Gasteiger partial charge in [0.25, 0.3) is 5.91 Å². The maximum Gasteiger partial charge on any atom is 0.295 e. The monoisotopic (exact) mass is 371 g/mol. The number of ether oxygens (including phenoxy) is 1. The molecular formula is C19H18ClN3O3. The molecule has 7 heteroatoms. The van der Waals surface area contributed by atoms with E-state index in [0.29, 0.717) is 35.7 Å². The molecule has 2 aromatic carbocycles. The zero-order valence-electron chi connectivity index (χ0n) is 14.2. The van der Waals surface area contributed by atoms with Gasteiger partial charge in [-0.25, -0.2) is 0 Å². The minimum absolute atomic E-state index is 0.0430. The first-order valence-electron chi connectivity index (χ1n) is 8.21. The molecule has 0 atom stereocenters. The van der Waals surface area contributed by atoms with E-state index in [0.717, 1.165) is 5.52 Å². The van der Waals surface area contributed by atoms with E-state index >= 15 is 0 Å². The summed E-state index contributed by atoms with van der Waals surface area (Å²) < 4.78 is 7.07. The van der Waals surface area contributed by atoms with Gasteiger partial charge >= 0.3 is 0 Å². The molecule has 0 unspecified atom stereocenters. The molecule has 0 aliphatic rings. The lowest BCUT2D eigenvalue weighted by Gasteiger charge is -2.06. The Labute approximate surface area is 155 Å². The highest BCUT2D eigenvalue weighted by Crippen LogP contribution is 2.38. The van der Waals surface area contributed by atoms with Gasteiger partial charge in [0.15, 0.2) is 5.69 Å². The highest BCUT2D eigenvalue weighted by atomic mass is 35.5. The number of halogens is 1. The molecule has 0 spiro atoms. The number of hydrogen-bond acceptors (Lipinski definition) is 4. The molecule has 0 saturated heterocycles. The summed E-state index contributed by atoms with van der Waals surface area (Å²) in [5.74, 6) is -0.550. The Bertz CT molecular complexity index is 949. The van der Waals surface area contributed by atoms with E-state index < -0.39 is 5.91 Å². The first kappa shape index (κ1) is 18.1. The van der Waals surface area contributed by atoms with Crippen LogP contribution in [-0.2, 0) is 11.3 Å². The molecular weight excluding hydrogens is 354 g/mol. The van der Waals surface area contributed by atoms with E-state index in [1.807, 2.05) is 31.2 Å². The van der Waals surface area contributed by atoms with E-state index in [1.54, 1.807) is 28.8 Å². The second-order valence-corrected chi connectivity index (χ2v) is 5.99. The van der Waals surface area contributed by atoms with Crippen LogP contribution in [0.4, 0.5) is 5.69 Å². The van der Waals surface area contributed by atoms with Crippen LogP contribution in [0.3, 0.4) is 0 Å². The number of amides is 1. The molecule has 3 rings (SSSR count). The third-order valence-corrected chi connectivity index (χ3v) is 4.16. The van der Waals surface area contributed by atoms with Crippen LogP contribution in [0.5, 0.6) is 5.88 Å². The molecule has 1 amide bonds. The number of nitrogens with zero attached hydrogens (tertiary/aromatic N) is 3. The Balaban J connectivity index is 1.93. The predicted octanol–water partition coefficient (Wildman–Crippen LogP) is 4.96. The van der Waals surface area contributed by atoms with Crippen molar-refractivity contribution in [2.24, 2.45) is 10.2 Å². The first-order valence-corrected chi connectivity index (χ1v) is 8.59. The third-order valence-electron chi connectivity index (χ3n) is 3.91. The second-order valence-electron chi connectivity index (χ2n) is 5.55. The van der Waals surface area contributed by atoms with Crippen LogP contribution in [0, 0.1) is 0 Å². The van der Waals surface area contributed by atoms with Gasteiger partial charge in [-0.15, -0.1) is 10.2 Å². The molecule has 1 aromatic heterocycles. The maximum atomic E-state index is 12.2. The van der Waals surface area contributed by atoms with Gasteiger partial charge in [-0.05, 0) is 37.3 Å². The van der Waals surface area contributed by atoms with Gasteiger partial charge in [0.1, 0.15) is 0 Å². The van der Waals surface area contributed by atoms with Crippen molar-refractivity contribution in [3.63, 3.8) is 0 Å². The van der Waals surface area contributed by atoms with Crippen molar-refractivity contribution in [1.82, 2.24) is 4.57 Å². The number of para-hydroxylation sites is 1. The molecule has 0 fully saturated rings. The summed E-state index contributed by atoms with van der Waals surface area (Å²) in [4.78, 5) is 12.2. The minimum atomic E-state index is -0.507. The molecule has 0 aliphatic heterocycles. The second kappa shape index (κ2) is 8.12. The van der Waals surface area contributed by atoms with Crippen molar-refractivity contribution in [2.75, 3.05) is 13.2 Å². The molecule has 26 heavy (non-hydrogen) atoms. The van der Waals surface area contributed by atoms with E-state index in [2.05, 4.69) is 10.2 Å². The summed E-state index contributed by atoms with van der Waals surface area (Å²) in [6, 6.07) is 13.8. The Kier molecular flexibility index (Phi) is 5.65. The first-order chi connectivity index (χ1) is 12.6. The number of carbonyl (C=O) groups excluding carboxylic acids is 1. The quantitative estimate of drug-likeness (QED) is 0.491. The molecule has 3 aromatic rings. The van der Waals surface area contributed by atoms with Gasteiger partial charge in [-0.1, -0.05) is 29.8 Å². The number of rotatable bonds is 6. The van der Waals surface area contributed by atoms with Gasteiger partial charge < -0.3 is 14.4 Å². The summed E-state index contributed by atoms with van der Waals surface area (Å²) in [6.07, 6.45) is 0. The molecule has 134 valence electrons. The third kappa shape index (κ3) is 3.76. The summed E-state index contributed by atoms with van der Waals surface area (Å²) >= 11 is 5.82. The molecule has 0 radical (unpaired) electrons. The number of aromatic nitrogens is 1. The lowest BCUT2D eigenvalue weighted by Crippen LogP contribution is -2.05. The summed E-state index contributed by atoms with van der Waals surface area (Å²) in [7, 11) is 0. The normalized spacial score (nSPS) is 11.5. The predicted molar refractivity (Wildman–Crippen MR) is 100 cm³/mol. The summed E-state index contributed by atoms with van der Waals surface area (Å²) in [6.45, 7) is 3.45. The molecule has 1 N–H and O–H groups in total.